The van der Waals surface area contributed by atoms with Crippen LogP contribution in [0.25, 0.3) is 0 Å². The Bertz CT molecular complexity index is 124. The van der Waals surface area contributed by atoms with E-state index in [2.05, 4.69) is 30.3 Å². The van der Waals surface area contributed by atoms with Gasteiger partial charge in [0.25, 0.3) is 0 Å². The smallest absolute Gasteiger partial charge is 0.00827 e. The Morgan fingerprint density at radius 2 is 2.15 bits per heavy atom. The Kier molecular flexibility index (Phi) is 6.33. The molecule has 3 heteroatoms. The lowest BCUT2D eigenvalue weighted by Crippen LogP contribution is -2.33. The Morgan fingerprint density at radius 1 is 1.46 bits per heavy atom. The Labute approximate surface area is 90.8 Å². The SMILES string of the molecule is CSC(C)CCNC1CCSCC1. The standard InChI is InChI=1S/C10H21NS2/c1-9(12-2)3-6-11-10-4-7-13-8-5-10/h9-11H,3-8H2,1-2H3. The highest BCUT2D eigenvalue weighted by Crippen LogP contribution is 2.17. The molecule has 1 unspecified atom stereocenters. The van der Waals surface area contributed by atoms with E-state index in [1.807, 2.05) is 11.8 Å². The van der Waals surface area contributed by atoms with Crippen molar-refractivity contribution in [1.29, 1.82) is 0 Å². The van der Waals surface area contributed by atoms with Crippen molar-refractivity contribution < 1.29 is 0 Å². The summed E-state index contributed by atoms with van der Waals surface area (Å²) in [6.45, 7) is 3.51. The maximum atomic E-state index is 3.66. The van der Waals surface area contributed by atoms with Gasteiger partial charge >= 0.3 is 0 Å². The van der Waals surface area contributed by atoms with E-state index in [1.165, 1.54) is 37.3 Å². The molecule has 1 atom stereocenters. The molecule has 0 aliphatic carbocycles. The van der Waals surface area contributed by atoms with Gasteiger partial charge in [-0.15, -0.1) is 0 Å². The Hall–Kier alpha value is 0.660. The molecular weight excluding hydrogens is 198 g/mol. The van der Waals surface area contributed by atoms with Crippen molar-refractivity contribution in [1.82, 2.24) is 5.32 Å². The molecule has 1 aliphatic heterocycles. The van der Waals surface area contributed by atoms with E-state index < -0.39 is 0 Å². The van der Waals surface area contributed by atoms with Crippen LogP contribution in [-0.4, -0.2) is 35.6 Å². The maximum Gasteiger partial charge on any atom is 0.00827 e. The van der Waals surface area contributed by atoms with Crippen LogP contribution in [0.1, 0.15) is 26.2 Å². The molecule has 78 valence electrons. The third-order valence-electron chi connectivity index (χ3n) is 2.61. The van der Waals surface area contributed by atoms with Crippen LogP contribution in [-0.2, 0) is 0 Å². The van der Waals surface area contributed by atoms with E-state index in [-0.39, 0.29) is 0 Å². The van der Waals surface area contributed by atoms with Crippen molar-refractivity contribution in [3.63, 3.8) is 0 Å². The first-order valence-electron chi connectivity index (χ1n) is 5.17. The number of nitrogens with one attached hydrogen (secondary N) is 1. The van der Waals surface area contributed by atoms with Crippen molar-refractivity contribution in [2.24, 2.45) is 0 Å². The van der Waals surface area contributed by atoms with Crippen molar-refractivity contribution in [2.45, 2.75) is 37.5 Å². The first-order chi connectivity index (χ1) is 6.33. The normalized spacial score (nSPS) is 21.7. The third kappa shape index (κ3) is 5.18. The summed E-state index contributed by atoms with van der Waals surface area (Å²) in [5, 5.41) is 4.47. The van der Waals surface area contributed by atoms with Crippen molar-refractivity contribution in [3.05, 3.63) is 0 Å². The molecule has 0 radical (unpaired) electrons. The fourth-order valence-electron chi connectivity index (χ4n) is 1.51. The summed E-state index contributed by atoms with van der Waals surface area (Å²) in [7, 11) is 0. The zero-order valence-corrected chi connectivity index (χ0v) is 10.3. The molecule has 0 saturated carbocycles. The highest BCUT2D eigenvalue weighted by Gasteiger charge is 2.12. The van der Waals surface area contributed by atoms with E-state index in [1.54, 1.807) is 0 Å². The summed E-state index contributed by atoms with van der Waals surface area (Å²) in [5.74, 6) is 2.71. The van der Waals surface area contributed by atoms with E-state index in [9.17, 15) is 0 Å². The molecule has 1 aliphatic rings. The average Bonchev–Trinajstić information content (AvgIpc) is 2.19. The first-order valence-corrected chi connectivity index (χ1v) is 7.61. The highest BCUT2D eigenvalue weighted by molar-refractivity contribution is 7.99. The van der Waals surface area contributed by atoms with Gasteiger partial charge in [0.1, 0.15) is 0 Å². The average molecular weight is 219 g/mol. The van der Waals surface area contributed by atoms with Gasteiger partial charge in [0.15, 0.2) is 0 Å². The molecule has 0 spiro atoms. The molecular formula is C10H21NS2. The predicted molar refractivity (Wildman–Crippen MR) is 65.9 cm³/mol. The van der Waals surface area contributed by atoms with E-state index >= 15 is 0 Å². The van der Waals surface area contributed by atoms with Crippen LogP contribution in [0.15, 0.2) is 0 Å². The maximum absolute atomic E-state index is 3.66. The van der Waals surface area contributed by atoms with Crippen LogP contribution in [0.2, 0.25) is 0 Å². The zero-order valence-electron chi connectivity index (χ0n) is 8.71. The van der Waals surface area contributed by atoms with Crippen LogP contribution < -0.4 is 5.32 Å². The number of rotatable bonds is 5. The second kappa shape index (κ2) is 7.02. The minimum absolute atomic E-state index is 0.811. The minimum atomic E-state index is 0.811. The first kappa shape index (κ1) is 11.7. The van der Waals surface area contributed by atoms with Gasteiger partial charge in [0.05, 0.1) is 0 Å². The third-order valence-corrected chi connectivity index (χ3v) is 4.70. The topological polar surface area (TPSA) is 12.0 Å². The molecule has 0 amide bonds. The molecule has 1 heterocycles. The lowest BCUT2D eigenvalue weighted by molar-refractivity contribution is 0.477. The van der Waals surface area contributed by atoms with Gasteiger partial charge in [-0.05, 0) is 43.6 Å². The van der Waals surface area contributed by atoms with Crippen LogP contribution >= 0.6 is 23.5 Å². The second-order valence-corrected chi connectivity index (χ2v) is 6.18. The number of hydrogen-bond donors (Lipinski definition) is 1. The van der Waals surface area contributed by atoms with Crippen molar-refractivity contribution in [2.75, 3.05) is 24.3 Å². The molecule has 1 saturated heterocycles. The quantitative estimate of drug-likeness (QED) is 0.763. The Morgan fingerprint density at radius 3 is 2.77 bits per heavy atom. The van der Waals surface area contributed by atoms with Crippen molar-refractivity contribution >= 4 is 23.5 Å². The minimum Gasteiger partial charge on any atom is -0.314 e. The highest BCUT2D eigenvalue weighted by atomic mass is 32.2. The van der Waals surface area contributed by atoms with Gasteiger partial charge in [0, 0.05) is 11.3 Å². The summed E-state index contributed by atoms with van der Waals surface area (Å²) < 4.78 is 0. The molecule has 1 rings (SSSR count). The van der Waals surface area contributed by atoms with Crippen molar-refractivity contribution in [3.8, 4) is 0 Å². The van der Waals surface area contributed by atoms with Gasteiger partial charge in [-0.1, -0.05) is 6.92 Å². The van der Waals surface area contributed by atoms with Gasteiger partial charge in [-0.25, -0.2) is 0 Å². The molecule has 1 nitrogen and oxygen atoms in total. The monoisotopic (exact) mass is 219 g/mol. The number of hydrogen-bond acceptors (Lipinski definition) is 3. The zero-order chi connectivity index (χ0) is 9.52. The number of thioether (sulfide) groups is 2. The molecule has 0 aromatic heterocycles. The van der Waals surface area contributed by atoms with Gasteiger partial charge < -0.3 is 5.32 Å². The molecule has 0 bridgehead atoms. The fourth-order valence-corrected chi connectivity index (χ4v) is 2.97. The van der Waals surface area contributed by atoms with Gasteiger partial charge in [0.2, 0.25) is 0 Å². The summed E-state index contributed by atoms with van der Waals surface area (Å²) in [4.78, 5) is 0. The second-order valence-electron chi connectivity index (χ2n) is 3.68. The lowest BCUT2D eigenvalue weighted by Gasteiger charge is -2.23. The molecule has 1 N–H and O–H groups in total. The van der Waals surface area contributed by atoms with Crippen LogP contribution in [0.4, 0.5) is 0 Å². The van der Waals surface area contributed by atoms with Crippen LogP contribution in [0.3, 0.4) is 0 Å². The lowest BCUT2D eigenvalue weighted by atomic mass is 10.1. The van der Waals surface area contributed by atoms with Crippen LogP contribution in [0.5, 0.6) is 0 Å². The van der Waals surface area contributed by atoms with Gasteiger partial charge in [-0.3, -0.25) is 0 Å². The van der Waals surface area contributed by atoms with E-state index in [0.717, 1.165) is 11.3 Å². The Balaban J connectivity index is 1.98. The molecule has 0 aromatic carbocycles. The van der Waals surface area contributed by atoms with Gasteiger partial charge in [-0.2, -0.15) is 23.5 Å². The largest absolute Gasteiger partial charge is 0.314 e. The summed E-state index contributed by atoms with van der Waals surface area (Å²) in [6, 6.07) is 0.815. The summed E-state index contributed by atoms with van der Waals surface area (Å²) in [6.07, 6.45) is 6.25. The molecule has 1 fully saturated rings. The fraction of sp³-hybridized carbons (Fsp3) is 1.00. The predicted octanol–water partition coefficient (Wildman–Crippen LogP) is 2.61. The van der Waals surface area contributed by atoms with Crippen LogP contribution in [0, 0.1) is 0 Å². The summed E-state index contributed by atoms with van der Waals surface area (Å²) >= 11 is 4.07. The van der Waals surface area contributed by atoms with E-state index in [0.29, 0.717) is 0 Å². The summed E-state index contributed by atoms with van der Waals surface area (Å²) in [5.41, 5.74) is 0. The molecule has 13 heavy (non-hydrogen) atoms. The molecule has 0 aromatic rings. The van der Waals surface area contributed by atoms with E-state index in [4.69, 9.17) is 0 Å².